The Morgan fingerprint density at radius 2 is 1.56 bits per heavy atom. The van der Waals surface area contributed by atoms with Crippen LogP contribution < -0.4 is 19.3 Å². The van der Waals surface area contributed by atoms with E-state index in [1.165, 1.54) is 12.1 Å². The number of benzene rings is 4. The Balaban J connectivity index is 1.19. The van der Waals surface area contributed by atoms with Gasteiger partial charge in [0, 0.05) is 86.7 Å². The van der Waals surface area contributed by atoms with Gasteiger partial charge in [-0.3, -0.25) is 14.5 Å². The van der Waals surface area contributed by atoms with Gasteiger partial charge in [0.05, 0.1) is 37.3 Å². The van der Waals surface area contributed by atoms with Crippen molar-refractivity contribution in [2.75, 3.05) is 69.9 Å². The number of carbonyl (C=O) groups excluding carboxylic acids is 2. The predicted molar refractivity (Wildman–Crippen MR) is 209 cm³/mol. The second-order valence-corrected chi connectivity index (χ2v) is 13.5. The van der Waals surface area contributed by atoms with Gasteiger partial charge in [0.15, 0.2) is 5.78 Å². The molecule has 12 heteroatoms. The van der Waals surface area contributed by atoms with E-state index in [1.54, 1.807) is 44.2 Å². The molecule has 55 heavy (non-hydrogen) atoms. The monoisotopic (exact) mass is 756 g/mol. The smallest absolute Gasteiger partial charge is 0.416 e. The number of aryl methyl sites for hydroxylation is 1. The number of halogens is 3. The minimum absolute atomic E-state index is 0.193. The molecule has 0 radical (unpaired) electrons. The zero-order chi connectivity index (χ0) is 39.0. The van der Waals surface area contributed by atoms with Gasteiger partial charge in [-0.05, 0) is 80.4 Å². The van der Waals surface area contributed by atoms with E-state index in [-0.39, 0.29) is 18.2 Å². The van der Waals surface area contributed by atoms with Crippen molar-refractivity contribution in [1.29, 1.82) is 0 Å². The molecule has 0 saturated carbocycles. The normalized spacial score (nSPS) is 13.5. The van der Waals surface area contributed by atoms with E-state index in [0.717, 1.165) is 73.6 Å². The zero-order valence-corrected chi connectivity index (χ0v) is 31.5. The fourth-order valence-corrected chi connectivity index (χ4v) is 7.03. The lowest BCUT2D eigenvalue weighted by Gasteiger charge is -2.36. The maximum Gasteiger partial charge on any atom is 0.416 e. The van der Waals surface area contributed by atoms with Gasteiger partial charge < -0.3 is 28.6 Å². The minimum atomic E-state index is -4.45. The average molecular weight is 757 g/mol. The van der Waals surface area contributed by atoms with Crippen molar-refractivity contribution in [3.8, 4) is 11.5 Å². The van der Waals surface area contributed by atoms with Gasteiger partial charge in [-0.25, -0.2) is 0 Å². The number of carbonyl (C=O) groups is 2. The summed E-state index contributed by atoms with van der Waals surface area (Å²) < 4.78 is 59.0. The molecule has 5 aromatic rings. The number of rotatable bonds is 16. The summed E-state index contributed by atoms with van der Waals surface area (Å²) >= 11 is 0. The fourth-order valence-electron chi connectivity index (χ4n) is 7.03. The summed E-state index contributed by atoms with van der Waals surface area (Å²) in [5.74, 6) is 0.865. The number of piperazine rings is 1. The fraction of sp³-hybridized carbons (Fsp3) is 0.349. The highest BCUT2D eigenvalue weighted by atomic mass is 19.4. The maximum atomic E-state index is 14.2. The summed E-state index contributed by atoms with van der Waals surface area (Å²) in [7, 11) is 3.45. The number of nitrogens with zero attached hydrogens (tertiary/aromatic N) is 4. The molecule has 0 atom stereocenters. The SMILES string of the molecule is CCOC(=O)CCCn1cc(C(=O)c2ccc(N(C)c3ccc(C(F)(F)F)cc3)c(OCCCN3CCN(c4ccccc4OC)CC3)c2)c2ccccc21. The number of ketones is 1. The van der Waals surface area contributed by atoms with Crippen LogP contribution in [0.5, 0.6) is 11.5 Å². The first-order chi connectivity index (χ1) is 26.6. The Labute approximate surface area is 319 Å². The van der Waals surface area contributed by atoms with E-state index in [2.05, 4.69) is 15.9 Å². The van der Waals surface area contributed by atoms with Gasteiger partial charge in [0.25, 0.3) is 0 Å². The highest BCUT2D eigenvalue weighted by molar-refractivity contribution is 6.16. The van der Waals surface area contributed by atoms with Crippen LogP contribution in [-0.2, 0) is 22.3 Å². The molecule has 6 rings (SSSR count). The second kappa shape index (κ2) is 17.8. The maximum absolute atomic E-state index is 14.2. The van der Waals surface area contributed by atoms with Crippen molar-refractivity contribution in [1.82, 2.24) is 9.47 Å². The van der Waals surface area contributed by atoms with Crippen LogP contribution in [0.3, 0.4) is 0 Å². The number of alkyl halides is 3. The molecule has 1 fully saturated rings. The van der Waals surface area contributed by atoms with E-state index in [0.29, 0.717) is 54.4 Å². The molecule has 0 spiro atoms. The zero-order valence-electron chi connectivity index (χ0n) is 31.5. The largest absolute Gasteiger partial charge is 0.495 e. The lowest BCUT2D eigenvalue weighted by molar-refractivity contribution is -0.143. The number of fused-ring (bicyclic) bond motifs is 1. The molecule has 4 aromatic carbocycles. The molecule has 1 aromatic heterocycles. The van der Waals surface area contributed by atoms with Gasteiger partial charge in [-0.15, -0.1) is 0 Å². The summed E-state index contributed by atoms with van der Waals surface area (Å²) in [6, 6.07) is 25.9. The molecular formula is C43H47F3N4O5. The van der Waals surface area contributed by atoms with Gasteiger partial charge in [0.2, 0.25) is 0 Å². The van der Waals surface area contributed by atoms with Crippen molar-refractivity contribution in [3.05, 3.63) is 114 Å². The van der Waals surface area contributed by atoms with Gasteiger partial charge >= 0.3 is 12.1 Å². The van der Waals surface area contributed by atoms with Crippen LogP contribution in [0.15, 0.2) is 97.2 Å². The van der Waals surface area contributed by atoms with Gasteiger partial charge in [-0.2, -0.15) is 13.2 Å². The van der Waals surface area contributed by atoms with E-state index >= 15 is 0 Å². The van der Waals surface area contributed by atoms with Crippen LogP contribution in [0, 0.1) is 0 Å². The number of anilines is 3. The van der Waals surface area contributed by atoms with E-state index in [9.17, 15) is 22.8 Å². The summed E-state index contributed by atoms with van der Waals surface area (Å²) in [5, 5.41) is 0.794. The Morgan fingerprint density at radius 3 is 2.29 bits per heavy atom. The van der Waals surface area contributed by atoms with Crippen molar-refractivity contribution in [2.24, 2.45) is 0 Å². The molecule has 0 N–H and O–H groups in total. The number of ether oxygens (including phenoxy) is 3. The quantitative estimate of drug-likeness (QED) is 0.0563. The first-order valence-corrected chi connectivity index (χ1v) is 18.6. The molecule has 2 heterocycles. The molecule has 9 nitrogen and oxygen atoms in total. The van der Waals surface area contributed by atoms with Gasteiger partial charge in [0.1, 0.15) is 11.5 Å². The molecule has 1 saturated heterocycles. The standard InChI is InChI=1S/C43H47F3N4O5/c1-4-54-41(51)15-9-23-50-30-35(34-11-5-6-12-36(34)50)42(52)31-16-21-37(47(2)33-19-17-32(18-20-33)43(44,45)46)40(29-31)55-28-10-22-48-24-26-49(27-25-48)38-13-7-8-14-39(38)53-3/h5-8,11-14,16-21,29-30H,4,9-10,15,22-28H2,1-3H3. The highest BCUT2D eigenvalue weighted by Gasteiger charge is 2.30. The van der Waals surface area contributed by atoms with Crippen molar-refractivity contribution in [2.45, 2.75) is 38.9 Å². The third-order valence-corrected chi connectivity index (χ3v) is 9.96. The Bertz CT molecular complexity index is 2070. The van der Waals surface area contributed by atoms with Crippen LogP contribution in [-0.4, -0.2) is 81.3 Å². The summed E-state index contributed by atoms with van der Waals surface area (Å²) in [6.45, 7) is 7.35. The van der Waals surface area contributed by atoms with E-state index in [1.807, 2.05) is 53.2 Å². The molecule has 0 aliphatic carbocycles. The van der Waals surface area contributed by atoms with Gasteiger partial charge in [-0.1, -0.05) is 30.3 Å². The predicted octanol–water partition coefficient (Wildman–Crippen LogP) is 8.60. The highest BCUT2D eigenvalue weighted by Crippen LogP contribution is 2.37. The van der Waals surface area contributed by atoms with Crippen LogP contribution in [0.2, 0.25) is 0 Å². The number of para-hydroxylation sites is 3. The van der Waals surface area contributed by atoms with Crippen molar-refractivity contribution < 1.29 is 37.0 Å². The lowest BCUT2D eigenvalue weighted by Crippen LogP contribution is -2.46. The number of aromatic nitrogens is 1. The number of methoxy groups -OCH3 is 1. The molecule has 1 aliphatic rings. The third kappa shape index (κ3) is 9.43. The average Bonchev–Trinajstić information content (AvgIpc) is 3.57. The molecule has 290 valence electrons. The van der Waals surface area contributed by atoms with E-state index in [4.69, 9.17) is 14.2 Å². The van der Waals surface area contributed by atoms with E-state index < -0.39 is 11.7 Å². The Morgan fingerprint density at radius 1 is 0.836 bits per heavy atom. The topological polar surface area (TPSA) is 76.5 Å². The first-order valence-electron chi connectivity index (χ1n) is 18.6. The number of esters is 1. The number of hydrogen-bond acceptors (Lipinski definition) is 8. The molecule has 0 bridgehead atoms. The third-order valence-electron chi connectivity index (χ3n) is 9.96. The molecular weight excluding hydrogens is 709 g/mol. The van der Waals surface area contributed by atoms with Crippen LogP contribution in [0.1, 0.15) is 47.7 Å². The molecule has 0 amide bonds. The minimum Gasteiger partial charge on any atom is -0.495 e. The summed E-state index contributed by atoms with van der Waals surface area (Å²) in [6.07, 6.45) is -1.05. The number of hydrogen-bond donors (Lipinski definition) is 0. The van der Waals surface area contributed by atoms with Crippen molar-refractivity contribution in [3.63, 3.8) is 0 Å². The molecule has 1 aliphatic heterocycles. The van der Waals surface area contributed by atoms with Crippen LogP contribution in [0.4, 0.5) is 30.2 Å². The second-order valence-electron chi connectivity index (χ2n) is 13.5. The molecule has 0 unspecified atom stereocenters. The van der Waals surface area contributed by atoms with Crippen LogP contribution >= 0.6 is 0 Å². The summed E-state index contributed by atoms with van der Waals surface area (Å²) in [5.41, 5.74) is 3.33. The Hall–Kier alpha value is -5.49. The van der Waals surface area contributed by atoms with Crippen molar-refractivity contribution >= 4 is 39.7 Å². The lowest BCUT2D eigenvalue weighted by atomic mass is 10.0. The van der Waals surface area contributed by atoms with Crippen LogP contribution in [0.25, 0.3) is 10.9 Å². The first kappa shape index (κ1) is 39.2. The summed E-state index contributed by atoms with van der Waals surface area (Å²) in [4.78, 5) is 32.6. The Kier molecular flexibility index (Phi) is 12.7.